The van der Waals surface area contributed by atoms with Crippen LogP contribution in [0.15, 0.2) is 0 Å². The summed E-state index contributed by atoms with van der Waals surface area (Å²) in [6, 6.07) is 0. The zero-order valence-corrected chi connectivity index (χ0v) is 11.4. The predicted molar refractivity (Wildman–Crippen MR) is 69.4 cm³/mol. The molecule has 2 aliphatic rings. The van der Waals surface area contributed by atoms with E-state index >= 15 is 0 Å². The van der Waals surface area contributed by atoms with E-state index in [9.17, 15) is 4.79 Å². The van der Waals surface area contributed by atoms with Gasteiger partial charge in [-0.25, -0.2) is 0 Å². The average Bonchev–Trinajstić information content (AvgIpc) is 2.91. The lowest BCUT2D eigenvalue weighted by molar-refractivity contribution is -0.149. The van der Waals surface area contributed by atoms with Crippen molar-refractivity contribution in [1.82, 2.24) is 5.32 Å². The molecule has 0 aromatic heterocycles. The van der Waals surface area contributed by atoms with Gasteiger partial charge in [0.1, 0.15) is 6.61 Å². The van der Waals surface area contributed by atoms with Gasteiger partial charge in [-0.05, 0) is 32.7 Å². The molecule has 0 radical (unpaired) electrons. The number of carbonyl (C=O) groups excluding carboxylic acids is 1. The lowest BCUT2D eigenvalue weighted by Crippen LogP contribution is -2.46. The molecule has 2 rings (SSSR count). The Bertz CT molecular complexity index is 268. The second kappa shape index (κ2) is 6.53. The number of hydrogen-bond donors (Lipinski definition) is 1. The standard InChI is InChI=1S/C14H25NO3/c1-15-14(7-3-2-4-8-14)10-13(16)18-11-12-6-5-9-17-12/h12,15H,2-11H2,1H3. The first kappa shape index (κ1) is 13.8. The molecule has 1 aliphatic carbocycles. The normalized spacial score (nSPS) is 27.1. The SMILES string of the molecule is CNC1(CC(=O)OCC2CCCO2)CCCCC1. The zero-order valence-electron chi connectivity index (χ0n) is 11.4. The summed E-state index contributed by atoms with van der Waals surface area (Å²) >= 11 is 0. The topological polar surface area (TPSA) is 47.6 Å². The molecule has 1 N–H and O–H groups in total. The average molecular weight is 255 g/mol. The maximum absolute atomic E-state index is 11.9. The minimum atomic E-state index is -0.0817. The van der Waals surface area contributed by atoms with Gasteiger partial charge in [0, 0.05) is 12.1 Å². The summed E-state index contributed by atoms with van der Waals surface area (Å²) in [5.74, 6) is -0.0817. The highest BCUT2D eigenvalue weighted by Crippen LogP contribution is 2.31. The van der Waals surface area contributed by atoms with Crippen LogP contribution in [0, 0.1) is 0 Å². The fraction of sp³-hybridized carbons (Fsp3) is 0.929. The highest BCUT2D eigenvalue weighted by molar-refractivity contribution is 5.71. The molecule has 18 heavy (non-hydrogen) atoms. The van der Waals surface area contributed by atoms with Crippen LogP contribution in [-0.2, 0) is 14.3 Å². The van der Waals surface area contributed by atoms with Gasteiger partial charge in [0.2, 0.25) is 0 Å². The summed E-state index contributed by atoms with van der Waals surface area (Å²) in [7, 11) is 1.96. The summed E-state index contributed by atoms with van der Waals surface area (Å²) in [6.07, 6.45) is 8.60. The highest BCUT2D eigenvalue weighted by Gasteiger charge is 2.33. The van der Waals surface area contributed by atoms with Crippen molar-refractivity contribution in [2.75, 3.05) is 20.3 Å². The summed E-state index contributed by atoms with van der Waals surface area (Å²) in [5, 5.41) is 3.34. The van der Waals surface area contributed by atoms with Crippen LogP contribution >= 0.6 is 0 Å². The maximum Gasteiger partial charge on any atom is 0.307 e. The Morgan fingerprint density at radius 1 is 1.33 bits per heavy atom. The third-order valence-electron chi connectivity index (χ3n) is 4.28. The van der Waals surface area contributed by atoms with Gasteiger partial charge in [-0.2, -0.15) is 0 Å². The van der Waals surface area contributed by atoms with Gasteiger partial charge in [-0.15, -0.1) is 0 Å². The van der Waals surface area contributed by atoms with E-state index in [1.807, 2.05) is 7.05 Å². The van der Waals surface area contributed by atoms with Crippen LogP contribution in [0.25, 0.3) is 0 Å². The smallest absolute Gasteiger partial charge is 0.307 e. The fourth-order valence-corrected chi connectivity index (χ4v) is 3.03. The van der Waals surface area contributed by atoms with Crippen LogP contribution in [0.3, 0.4) is 0 Å². The van der Waals surface area contributed by atoms with Gasteiger partial charge in [-0.1, -0.05) is 19.3 Å². The van der Waals surface area contributed by atoms with Crippen LogP contribution in [0.1, 0.15) is 51.4 Å². The fourth-order valence-electron chi connectivity index (χ4n) is 3.03. The van der Waals surface area contributed by atoms with Crippen molar-refractivity contribution in [2.24, 2.45) is 0 Å². The van der Waals surface area contributed by atoms with Crippen LogP contribution in [0.4, 0.5) is 0 Å². The first-order chi connectivity index (χ1) is 8.74. The molecule has 0 bridgehead atoms. The van der Waals surface area contributed by atoms with Gasteiger partial charge in [0.25, 0.3) is 0 Å². The molecule has 1 atom stereocenters. The number of ether oxygens (including phenoxy) is 2. The van der Waals surface area contributed by atoms with Crippen molar-refractivity contribution in [3.8, 4) is 0 Å². The molecular weight excluding hydrogens is 230 g/mol. The van der Waals surface area contributed by atoms with E-state index in [2.05, 4.69) is 5.32 Å². The third-order valence-corrected chi connectivity index (χ3v) is 4.28. The quantitative estimate of drug-likeness (QED) is 0.764. The maximum atomic E-state index is 11.9. The van der Waals surface area contributed by atoms with Gasteiger partial charge >= 0.3 is 5.97 Å². The van der Waals surface area contributed by atoms with Crippen LogP contribution in [0.2, 0.25) is 0 Å². The van der Waals surface area contributed by atoms with E-state index in [0.717, 1.165) is 32.3 Å². The molecule has 0 amide bonds. The summed E-state index contributed by atoms with van der Waals surface area (Å²) in [4.78, 5) is 11.9. The van der Waals surface area contributed by atoms with Gasteiger partial charge in [-0.3, -0.25) is 4.79 Å². The number of rotatable bonds is 5. The van der Waals surface area contributed by atoms with E-state index in [1.54, 1.807) is 0 Å². The molecule has 0 aromatic carbocycles. The summed E-state index contributed by atoms with van der Waals surface area (Å²) < 4.78 is 10.8. The molecule has 2 fully saturated rings. The Kier molecular flexibility index (Phi) is 5.01. The van der Waals surface area contributed by atoms with E-state index < -0.39 is 0 Å². The van der Waals surface area contributed by atoms with Gasteiger partial charge in [0.05, 0.1) is 12.5 Å². The van der Waals surface area contributed by atoms with Crippen LogP contribution in [0.5, 0.6) is 0 Å². The molecule has 1 aliphatic heterocycles. The minimum absolute atomic E-state index is 0.0220. The van der Waals surface area contributed by atoms with Gasteiger partial charge < -0.3 is 14.8 Å². The first-order valence-corrected chi connectivity index (χ1v) is 7.20. The van der Waals surface area contributed by atoms with Crippen molar-refractivity contribution in [3.05, 3.63) is 0 Å². The number of carbonyl (C=O) groups is 1. The highest BCUT2D eigenvalue weighted by atomic mass is 16.6. The lowest BCUT2D eigenvalue weighted by atomic mass is 9.79. The Balaban J connectivity index is 1.74. The Morgan fingerprint density at radius 3 is 2.72 bits per heavy atom. The molecule has 0 spiro atoms. The molecule has 0 aromatic rings. The van der Waals surface area contributed by atoms with Crippen LogP contribution < -0.4 is 5.32 Å². The van der Waals surface area contributed by atoms with Crippen molar-refractivity contribution >= 4 is 5.97 Å². The van der Waals surface area contributed by atoms with E-state index in [4.69, 9.17) is 9.47 Å². The van der Waals surface area contributed by atoms with E-state index in [1.165, 1.54) is 19.3 Å². The monoisotopic (exact) mass is 255 g/mol. The molecule has 1 unspecified atom stereocenters. The van der Waals surface area contributed by atoms with Crippen molar-refractivity contribution in [2.45, 2.75) is 63.0 Å². The third kappa shape index (κ3) is 3.69. The van der Waals surface area contributed by atoms with E-state index in [0.29, 0.717) is 13.0 Å². The molecule has 4 nitrogen and oxygen atoms in total. The lowest BCUT2D eigenvalue weighted by Gasteiger charge is -2.36. The second-order valence-electron chi connectivity index (χ2n) is 5.59. The molecule has 1 saturated carbocycles. The zero-order chi connectivity index (χ0) is 12.8. The number of nitrogens with one attached hydrogen (secondary N) is 1. The second-order valence-corrected chi connectivity index (χ2v) is 5.59. The largest absolute Gasteiger partial charge is 0.463 e. The van der Waals surface area contributed by atoms with Crippen molar-refractivity contribution in [1.29, 1.82) is 0 Å². The molecule has 4 heteroatoms. The Labute approximate surface area is 109 Å². The number of hydrogen-bond acceptors (Lipinski definition) is 4. The van der Waals surface area contributed by atoms with E-state index in [-0.39, 0.29) is 17.6 Å². The predicted octanol–water partition coefficient (Wildman–Crippen LogP) is 2.02. The molecule has 104 valence electrons. The molecular formula is C14H25NO3. The summed E-state index contributed by atoms with van der Waals surface area (Å²) in [6.45, 7) is 1.24. The number of esters is 1. The van der Waals surface area contributed by atoms with Crippen LogP contribution in [-0.4, -0.2) is 37.9 Å². The Hall–Kier alpha value is -0.610. The first-order valence-electron chi connectivity index (χ1n) is 7.20. The Morgan fingerprint density at radius 2 is 2.11 bits per heavy atom. The van der Waals surface area contributed by atoms with Crippen molar-refractivity contribution in [3.63, 3.8) is 0 Å². The molecule has 1 heterocycles. The van der Waals surface area contributed by atoms with Crippen molar-refractivity contribution < 1.29 is 14.3 Å². The summed E-state index contributed by atoms with van der Waals surface area (Å²) in [5.41, 5.74) is -0.0220. The minimum Gasteiger partial charge on any atom is -0.463 e. The molecule has 1 saturated heterocycles. The van der Waals surface area contributed by atoms with Gasteiger partial charge in [0.15, 0.2) is 0 Å².